The van der Waals surface area contributed by atoms with Crippen molar-refractivity contribution in [3.63, 3.8) is 0 Å². The third-order valence-corrected chi connectivity index (χ3v) is 3.33. The van der Waals surface area contributed by atoms with Crippen LogP contribution in [0.1, 0.15) is 13.8 Å². The minimum Gasteiger partial charge on any atom is -0.342 e. The lowest BCUT2D eigenvalue weighted by Crippen LogP contribution is -2.62. The van der Waals surface area contributed by atoms with Crippen molar-refractivity contribution >= 4 is 11.7 Å². The van der Waals surface area contributed by atoms with E-state index in [0.29, 0.717) is 19.2 Å². The quantitative estimate of drug-likeness (QED) is 0.729. The van der Waals surface area contributed by atoms with Crippen LogP contribution in [0.3, 0.4) is 0 Å². The number of anilines is 1. The molecule has 1 aliphatic rings. The standard InChI is InChI=1S/C12H14F3N3O/c1-12(2)11(19)17(3)4-5-18(12)10-8(14)6-7(13)9(15)16-10/h6H,4-5H2,1-3H3. The van der Waals surface area contributed by atoms with Crippen molar-refractivity contribution in [3.05, 3.63) is 23.6 Å². The third kappa shape index (κ3) is 2.13. The summed E-state index contributed by atoms with van der Waals surface area (Å²) >= 11 is 0. The number of hydrogen-bond acceptors (Lipinski definition) is 3. The van der Waals surface area contributed by atoms with Gasteiger partial charge in [-0.05, 0) is 13.8 Å². The van der Waals surface area contributed by atoms with Crippen LogP contribution in [-0.2, 0) is 4.79 Å². The van der Waals surface area contributed by atoms with Crippen LogP contribution in [0, 0.1) is 17.6 Å². The molecule has 1 aromatic heterocycles. The number of pyridine rings is 1. The molecule has 0 aliphatic carbocycles. The van der Waals surface area contributed by atoms with Crippen LogP contribution in [0.4, 0.5) is 19.0 Å². The van der Waals surface area contributed by atoms with E-state index in [1.54, 1.807) is 20.9 Å². The Hall–Kier alpha value is -1.79. The van der Waals surface area contributed by atoms with Gasteiger partial charge in [-0.25, -0.2) is 8.78 Å². The van der Waals surface area contributed by atoms with Crippen molar-refractivity contribution < 1.29 is 18.0 Å². The Morgan fingerprint density at radius 1 is 1.21 bits per heavy atom. The van der Waals surface area contributed by atoms with Gasteiger partial charge < -0.3 is 9.80 Å². The van der Waals surface area contributed by atoms with Crippen LogP contribution in [0.15, 0.2) is 6.07 Å². The molecule has 7 heteroatoms. The van der Waals surface area contributed by atoms with E-state index in [9.17, 15) is 18.0 Å². The topological polar surface area (TPSA) is 36.4 Å². The summed E-state index contributed by atoms with van der Waals surface area (Å²) in [7, 11) is 1.64. The number of nitrogens with zero attached hydrogens (tertiary/aromatic N) is 3. The van der Waals surface area contributed by atoms with Gasteiger partial charge in [-0.2, -0.15) is 9.37 Å². The van der Waals surface area contributed by atoms with Gasteiger partial charge in [0.05, 0.1) is 0 Å². The second kappa shape index (κ2) is 4.40. The van der Waals surface area contributed by atoms with E-state index < -0.39 is 23.1 Å². The maximum Gasteiger partial charge on any atom is 0.251 e. The van der Waals surface area contributed by atoms with Gasteiger partial charge in [0.15, 0.2) is 17.5 Å². The number of carbonyl (C=O) groups is 1. The highest BCUT2D eigenvalue weighted by atomic mass is 19.2. The first kappa shape index (κ1) is 13.6. The summed E-state index contributed by atoms with van der Waals surface area (Å²) in [6.45, 7) is 3.84. The summed E-state index contributed by atoms with van der Waals surface area (Å²) in [5, 5.41) is 0. The lowest BCUT2D eigenvalue weighted by atomic mass is 9.97. The van der Waals surface area contributed by atoms with Crippen molar-refractivity contribution in [1.82, 2.24) is 9.88 Å². The van der Waals surface area contributed by atoms with Crippen LogP contribution in [-0.4, -0.2) is 41.5 Å². The number of aromatic nitrogens is 1. The molecule has 0 radical (unpaired) electrons. The molecule has 0 saturated carbocycles. The minimum absolute atomic E-state index is 0.232. The summed E-state index contributed by atoms with van der Waals surface area (Å²) < 4.78 is 39.8. The summed E-state index contributed by atoms with van der Waals surface area (Å²) in [6.07, 6.45) is 0. The Kier molecular flexibility index (Phi) is 3.15. The number of piperazine rings is 1. The molecule has 1 fully saturated rings. The molecule has 19 heavy (non-hydrogen) atoms. The molecule has 1 amide bonds. The Labute approximate surface area is 108 Å². The summed E-state index contributed by atoms with van der Waals surface area (Å²) in [6, 6.07) is 0.441. The van der Waals surface area contributed by atoms with Gasteiger partial charge in [0, 0.05) is 26.2 Å². The lowest BCUT2D eigenvalue weighted by Gasteiger charge is -2.45. The summed E-state index contributed by atoms with van der Waals surface area (Å²) in [5.41, 5.74) is -1.06. The van der Waals surface area contributed by atoms with Crippen LogP contribution in [0.2, 0.25) is 0 Å². The molecule has 104 valence electrons. The van der Waals surface area contributed by atoms with Gasteiger partial charge in [-0.1, -0.05) is 0 Å². The van der Waals surface area contributed by atoms with Crippen molar-refractivity contribution in [1.29, 1.82) is 0 Å². The zero-order valence-corrected chi connectivity index (χ0v) is 10.9. The largest absolute Gasteiger partial charge is 0.342 e. The summed E-state index contributed by atoms with van der Waals surface area (Å²) in [5.74, 6) is -4.28. The Morgan fingerprint density at radius 2 is 1.84 bits per heavy atom. The molecule has 1 saturated heterocycles. The molecule has 4 nitrogen and oxygen atoms in total. The highest BCUT2D eigenvalue weighted by Crippen LogP contribution is 2.29. The first-order chi connectivity index (χ1) is 8.75. The smallest absolute Gasteiger partial charge is 0.251 e. The molecular weight excluding hydrogens is 259 g/mol. The van der Waals surface area contributed by atoms with Crippen molar-refractivity contribution in [2.45, 2.75) is 19.4 Å². The van der Waals surface area contributed by atoms with Gasteiger partial charge in [-0.15, -0.1) is 0 Å². The van der Waals surface area contributed by atoms with Crippen LogP contribution in [0.5, 0.6) is 0 Å². The zero-order valence-electron chi connectivity index (χ0n) is 10.9. The first-order valence-electron chi connectivity index (χ1n) is 5.80. The number of hydrogen-bond donors (Lipinski definition) is 0. The molecule has 0 spiro atoms. The predicted molar refractivity (Wildman–Crippen MR) is 63.2 cm³/mol. The van der Waals surface area contributed by atoms with Crippen LogP contribution >= 0.6 is 0 Å². The Morgan fingerprint density at radius 3 is 2.47 bits per heavy atom. The van der Waals surface area contributed by atoms with E-state index >= 15 is 0 Å². The molecule has 0 N–H and O–H groups in total. The molecule has 0 atom stereocenters. The molecule has 0 unspecified atom stereocenters. The number of amides is 1. The average Bonchev–Trinajstić information content (AvgIpc) is 2.32. The van der Waals surface area contributed by atoms with Gasteiger partial charge in [0.1, 0.15) is 5.54 Å². The SMILES string of the molecule is CN1CCN(c2nc(F)c(F)cc2F)C(C)(C)C1=O. The number of halogens is 3. The minimum atomic E-state index is -1.38. The molecular formula is C12H14F3N3O. The molecule has 0 bridgehead atoms. The highest BCUT2D eigenvalue weighted by molar-refractivity contribution is 5.90. The predicted octanol–water partition coefficient (Wildman–Crippen LogP) is 1.56. The molecule has 1 aliphatic heterocycles. The normalized spacial score (nSPS) is 18.9. The zero-order chi connectivity index (χ0) is 14.4. The number of carbonyl (C=O) groups excluding carboxylic acids is 1. The Bertz CT molecular complexity index is 533. The van der Waals surface area contributed by atoms with Crippen molar-refractivity contribution in [2.75, 3.05) is 25.0 Å². The molecule has 2 heterocycles. The van der Waals surface area contributed by atoms with E-state index in [2.05, 4.69) is 4.98 Å². The maximum absolute atomic E-state index is 13.7. The summed E-state index contributed by atoms with van der Waals surface area (Å²) in [4.78, 5) is 18.2. The molecule has 1 aromatic rings. The number of likely N-dealkylation sites (N-methyl/N-ethyl adjacent to an activating group) is 1. The van der Waals surface area contributed by atoms with Crippen molar-refractivity contribution in [3.8, 4) is 0 Å². The van der Waals surface area contributed by atoms with Crippen molar-refractivity contribution in [2.24, 2.45) is 0 Å². The van der Waals surface area contributed by atoms with E-state index in [4.69, 9.17) is 0 Å². The molecule has 2 rings (SSSR count). The van der Waals surface area contributed by atoms with Gasteiger partial charge >= 0.3 is 0 Å². The van der Waals surface area contributed by atoms with Gasteiger partial charge in [-0.3, -0.25) is 4.79 Å². The van der Waals surface area contributed by atoms with Gasteiger partial charge in [0.25, 0.3) is 5.95 Å². The van der Waals surface area contributed by atoms with E-state index in [-0.39, 0.29) is 11.7 Å². The van der Waals surface area contributed by atoms with E-state index in [0.717, 1.165) is 0 Å². The monoisotopic (exact) mass is 273 g/mol. The lowest BCUT2D eigenvalue weighted by molar-refractivity contribution is -0.136. The Balaban J connectivity index is 2.47. The first-order valence-corrected chi connectivity index (χ1v) is 5.80. The molecule has 0 aromatic carbocycles. The average molecular weight is 273 g/mol. The second-order valence-electron chi connectivity index (χ2n) is 5.00. The van der Waals surface area contributed by atoms with E-state index in [1.165, 1.54) is 9.80 Å². The van der Waals surface area contributed by atoms with Crippen LogP contribution < -0.4 is 4.90 Å². The fraction of sp³-hybridized carbons (Fsp3) is 0.500. The maximum atomic E-state index is 13.7. The third-order valence-electron chi connectivity index (χ3n) is 3.33. The second-order valence-corrected chi connectivity index (χ2v) is 5.00. The van der Waals surface area contributed by atoms with Gasteiger partial charge in [0.2, 0.25) is 5.91 Å². The fourth-order valence-electron chi connectivity index (χ4n) is 2.21. The fourth-order valence-corrected chi connectivity index (χ4v) is 2.21. The number of rotatable bonds is 1. The van der Waals surface area contributed by atoms with E-state index in [1.807, 2.05) is 0 Å². The van der Waals surface area contributed by atoms with Crippen LogP contribution in [0.25, 0.3) is 0 Å². The highest BCUT2D eigenvalue weighted by Gasteiger charge is 2.42.